The van der Waals surface area contributed by atoms with Gasteiger partial charge in [0.1, 0.15) is 17.0 Å². The average molecular weight is 297 g/mol. The smallest absolute Gasteiger partial charge is 0.270 e. The van der Waals surface area contributed by atoms with Gasteiger partial charge in [-0.05, 0) is 18.2 Å². The molecule has 0 saturated carbocycles. The summed E-state index contributed by atoms with van der Waals surface area (Å²) in [6, 6.07) is 11.2. The van der Waals surface area contributed by atoms with E-state index in [1.165, 1.54) is 22.9 Å². The van der Waals surface area contributed by atoms with E-state index >= 15 is 0 Å². The molecule has 2 heterocycles. The number of hydrogen-bond donors (Lipinski definition) is 1. The number of aromatic nitrogens is 2. The monoisotopic (exact) mass is 297 g/mol. The molecule has 0 aliphatic heterocycles. The molecule has 0 aliphatic rings. The van der Waals surface area contributed by atoms with E-state index in [9.17, 15) is 14.0 Å². The van der Waals surface area contributed by atoms with Gasteiger partial charge in [0.2, 0.25) is 0 Å². The third kappa shape index (κ3) is 2.58. The molecule has 22 heavy (non-hydrogen) atoms. The maximum absolute atomic E-state index is 13.5. The van der Waals surface area contributed by atoms with Crippen molar-refractivity contribution in [3.8, 4) is 0 Å². The van der Waals surface area contributed by atoms with Crippen LogP contribution in [0.4, 0.5) is 4.39 Å². The molecule has 1 amide bonds. The van der Waals surface area contributed by atoms with Crippen LogP contribution in [0.25, 0.3) is 5.65 Å². The van der Waals surface area contributed by atoms with Gasteiger partial charge in [0.25, 0.3) is 11.5 Å². The number of benzene rings is 1. The summed E-state index contributed by atoms with van der Waals surface area (Å²) < 4.78 is 14.8. The predicted octanol–water partition coefficient (Wildman–Crippen LogP) is 1.76. The summed E-state index contributed by atoms with van der Waals surface area (Å²) in [4.78, 5) is 28.4. The van der Waals surface area contributed by atoms with Gasteiger partial charge >= 0.3 is 0 Å². The number of halogens is 1. The number of amides is 1. The summed E-state index contributed by atoms with van der Waals surface area (Å²) >= 11 is 0. The first-order valence-electron chi connectivity index (χ1n) is 6.65. The Morgan fingerprint density at radius 3 is 2.77 bits per heavy atom. The lowest BCUT2D eigenvalue weighted by molar-refractivity contribution is 0.0948. The van der Waals surface area contributed by atoms with E-state index < -0.39 is 17.3 Å². The zero-order chi connectivity index (χ0) is 15.5. The van der Waals surface area contributed by atoms with Crippen molar-refractivity contribution in [1.29, 1.82) is 0 Å². The van der Waals surface area contributed by atoms with Crippen LogP contribution in [0.15, 0.2) is 59.7 Å². The topological polar surface area (TPSA) is 63.5 Å². The number of nitrogens with zero attached hydrogens (tertiary/aromatic N) is 2. The van der Waals surface area contributed by atoms with Crippen molar-refractivity contribution in [1.82, 2.24) is 14.7 Å². The van der Waals surface area contributed by atoms with Crippen molar-refractivity contribution in [3.63, 3.8) is 0 Å². The standard InChI is InChI=1S/C16H12FN3O2/c17-13-6-2-1-5-11(13)9-19-15(21)12-10-18-14-7-3-4-8-20(14)16(12)22/h1-8,10H,9H2,(H,19,21). The first kappa shape index (κ1) is 13.9. The lowest BCUT2D eigenvalue weighted by Gasteiger charge is -2.07. The van der Waals surface area contributed by atoms with Crippen LogP contribution in [0, 0.1) is 5.82 Å². The van der Waals surface area contributed by atoms with Crippen LogP contribution in [0.2, 0.25) is 0 Å². The molecule has 0 atom stereocenters. The number of carbonyl (C=O) groups is 1. The Labute approximate surface area is 125 Å². The van der Waals surface area contributed by atoms with Crippen LogP contribution in [0.3, 0.4) is 0 Å². The Kier molecular flexibility index (Phi) is 3.65. The number of pyridine rings is 1. The average Bonchev–Trinajstić information content (AvgIpc) is 2.54. The van der Waals surface area contributed by atoms with E-state index in [1.807, 2.05) is 0 Å². The fourth-order valence-corrected chi connectivity index (χ4v) is 2.09. The fourth-order valence-electron chi connectivity index (χ4n) is 2.09. The zero-order valence-electron chi connectivity index (χ0n) is 11.5. The lowest BCUT2D eigenvalue weighted by Crippen LogP contribution is -2.31. The van der Waals surface area contributed by atoms with Crippen molar-refractivity contribution in [2.45, 2.75) is 6.54 Å². The van der Waals surface area contributed by atoms with Crippen LogP contribution in [-0.4, -0.2) is 15.3 Å². The number of nitrogens with one attached hydrogen (secondary N) is 1. The van der Waals surface area contributed by atoms with Crippen LogP contribution < -0.4 is 10.9 Å². The van der Waals surface area contributed by atoms with E-state index in [0.717, 1.165) is 0 Å². The molecule has 110 valence electrons. The van der Waals surface area contributed by atoms with Gasteiger partial charge in [0, 0.05) is 24.5 Å². The van der Waals surface area contributed by atoms with Gasteiger partial charge in [-0.3, -0.25) is 14.0 Å². The number of hydrogen-bond acceptors (Lipinski definition) is 3. The van der Waals surface area contributed by atoms with Gasteiger partial charge in [0.15, 0.2) is 0 Å². The molecular weight excluding hydrogens is 285 g/mol. The SMILES string of the molecule is O=C(NCc1ccccc1F)c1cnc2ccccn2c1=O. The predicted molar refractivity (Wildman–Crippen MR) is 79.0 cm³/mol. The molecule has 5 nitrogen and oxygen atoms in total. The minimum atomic E-state index is -0.584. The third-order valence-corrected chi connectivity index (χ3v) is 3.26. The van der Waals surface area contributed by atoms with E-state index in [0.29, 0.717) is 11.2 Å². The lowest BCUT2D eigenvalue weighted by atomic mass is 10.2. The van der Waals surface area contributed by atoms with Crippen molar-refractivity contribution in [2.75, 3.05) is 0 Å². The van der Waals surface area contributed by atoms with Crippen molar-refractivity contribution in [2.24, 2.45) is 0 Å². The molecule has 3 aromatic rings. The van der Waals surface area contributed by atoms with Crippen molar-refractivity contribution < 1.29 is 9.18 Å². The van der Waals surface area contributed by atoms with Gasteiger partial charge in [-0.1, -0.05) is 24.3 Å². The number of carbonyl (C=O) groups excluding carboxylic acids is 1. The summed E-state index contributed by atoms with van der Waals surface area (Å²) in [6.45, 7) is 0.00242. The molecule has 0 unspecified atom stereocenters. The Balaban J connectivity index is 1.85. The first-order valence-corrected chi connectivity index (χ1v) is 6.65. The first-order chi connectivity index (χ1) is 10.7. The second-order valence-corrected chi connectivity index (χ2v) is 4.68. The van der Waals surface area contributed by atoms with Crippen molar-refractivity contribution in [3.05, 3.63) is 82.2 Å². The highest BCUT2D eigenvalue weighted by molar-refractivity contribution is 5.93. The Hall–Kier alpha value is -3.02. The highest BCUT2D eigenvalue weighted by atomic mass is 19.1. The van der Waals surface area contributed by atoms with Crippen LogP contribution in [0.1, 0.15) is 15.9 Å². The Morgan fingerprint density at radius 2 is 1.95 bits per heavy atom. The minimum absolute atomic E-state index is 0.00242. The second-order valence-electron chi connectivity index (χ2n) is 4.68. The Bertz CT molecular complexity index is 905. The maximum atomic E-state index is 13.5. The van der Waals surface area contributed by atoms with Gasteiger partial charge in [-0.15, -0.1) is 0 Å². The molecule has 0 aliphatic carbocycles. The fraction of sp³-hybridized carbons (Fsp3) is 0.0625. The molecule has 2 aromatic heterocycles. The van der Waals surface area contributed by atoms with Gasteiger partial charge in [0.05, 0.1) is 0 Å². The molecule has 0 saturated heterocycles. The quantitative estimate of drug-likeness (QED) is 0.801. The highest BCUT2D eigenvalue weighted by Crippen LogP contribution is 2.06. The minimum Gasteiger partial charge on any atom is -0.348 e. The normalized spacial score (nSPS) is 10.6. The van der Waals surface area contributed by atoms with Crippen LogP contribution in [-0.2, 0) is 6.54 Å². The summed E-state index contributed by atoms with van der Waals surface area (Å²) in [5, 5.41) is 2.53. The van der Waals surface area contributed by atoms with Crippen LogP contribution in [0.5, 0.6) is 0 Å². The number of fused-ring (bicyclic) bond motifs is 1. The van der Waals surface area contributed by atoms with Crippen molar-refractivity contribution >= 4 is 11.6 Å². The van der Waals surface area contributed by atoms with Gasteiger partial charge < -0.3 is 5.32 Å². The van der Waals surface area contributed by atoms with E-state index in [4.69, 9.17) is 0 Å². The second kappa shape index (κ2) is 5.77. The Morgan fingerprint density at radius 1 is 1.18 bits per heavy atom. The molecular formula is C16H12FN3O2. The molecule has 0 bridgehead atoms. The largest absolute Gasteiger partial charge is 0.348 e. The molecule has 0 fully saturated rings. The molecule has 1 N–H and O–H groups in total. The molecule has 0 radical (unpaired) electrons. The molecule has 1 aromatic carbocycles. The highest BCUT2D eigenvalue weighted by Gasteiger charge is 2.13. The van der Waals surface area contributed by atoms with E-state index in [1.54, 1.807) is 36.4 Å². The zero-order valence-corrected chi connectivity index (χ0v) is 11.5. The van der Waals surface area contributed by atoms with E-state index in [2.05, 4.69) is 10.3 Å². The summed E-state index contributed by atoms with van der Waals surface area (Å²) in [6.07, 6.45) is 2.77. The third-order valence-electron chi connectivity index (χ3n) is 3.26. The summed E-state index contributed by atoms with van der Waals surface area (Å²) in [5.41, 5.74) is 0.263. The van der Waals surface area contributed by atoms with Gasteiger partial charge in [-0.2, -0.15) is 0 Å². The maximum Gasteiger partial charge on any atom is 0.270 e. The summed E-state index contributed by atoms with van der Waals surface area (Å²) in [5.74, 6) is -0.991. The molecule has 6 heteroatoms. The van der Waals surface area contributed by atoms with E-state index in [-0.39, 0.29) is 12.1 Å². The number of rotatable bonds is 3. The van der Waals surface area contributed by atoms with Gasteiger partial charge in [-0.25, -0.2) is 9.37 Å². The molecule has 3 rings (SSSR count). The van der Waals surface area contributed by atoms with Crippen LogP contribution >= 0.6 is 0 Å². The molecule has 0 spiro atoms. The summed E-state index contributed by atoms with van der Waals surface area (Å²) in [7, 11) is 0.